The summed E-state index contributed by atoms with van der Waals surface area (Å²) in [6, 6.07) is 2.58. The number of carbonyl (C=O) groups is 2. The summed E-state index contributed by atoms with van der Waals surface area (Å²) in [6.07, 6.45) is -3.90. The Morgan fingerprint density at radius 3 is 2.67 bits per heavy atom. The van der Waals surface area contributed by atoms with E-state index in [9.17, 15) is 22.8 Å². The molecule has 2 N–H and O–H groups in total. The topological polar surface area (TPSA) is 75.6 Å². The molecule has 2 aromatic rings. The lowest BCUT2D eigenvalue weighted by Crippen LogP contribution is -2.42. The first-order valence-electron chi connectivity index (χ1n) is 6.85. The number of fused-ring (bicyclic) bond motifs is 1. The first kappa shape index (κ1) is 18.2. The van der Waals surface area contributed by atoms with E-state index in [1.165, 1.54) is 19.2 Å². The van der Waals surface area contributed by atoms with Crippen molar-refractivity contribution in [3.05, 3.63) is 34.5 Å². The van der Waals surface area contributed by atoms with Crippen LogP contribution in [0.3, 0.4) is 0 Å². The molecule has 2 rings (SSSR count). The third-order valence-corrected chi connectivity index (χ3v) is 4.47. The lowest BCUT2D eigenvalue weighted by molar-refractivity contribution is -0.140. The maximum atomic E-state index is 14.0. The van der Waals surface area contributed by atoms with E-state index >= 15 is 0 Å². The molecule has 1 heterocycles. The molecule has 0 fully saturated rings. The Labute approximate surface area is 139 Å². The van der Waals surface area contributed by atoms with Crippen molar-refractivity contribution in [3.63, 3.8) is 0 Å². The molecule has 0 spiro atoms. The number of carboxylic acids is 1. The highest BCUT2D eigenvalue weighted by atomic mass is 32.1. The second-order valence-corrected chi connectivity index (χ2v) is 6.00. The van der Waals surface area contributed by atoms with Crippen molar-refractivity contribution in [2.75, 3.05) is 7.11 Å². The summed E-state index contributed by atoms with van der Waals surface area (Å²) in [4.78, 5) is 23.4. The predicted octanol–water partition coefficient (Wildman–Crippen LogP) is 3.03. The Bertz CT molecular complexity index is 763. The number of ether oxygens (including phenoxy) is 1. The molecule has 9 heteroatoms. The van der Waals surface area contributed by atoms with E-state index in [0.717, 1.165) is 11.3 Å². The van der Waals surface area contributed by atoms with Crippen LogP contribution in [0.15, 0.2) is 18.2 Å². The van der Waals surface area contributed by atoms with Crippen molar-refractivity contribution < 1.29 is 32.6 Å². The second-order valence-electron chi connectivity index (χ2n) is 4.95. The Morgan fingerprint density at radius 2 is 2.08 bits per heavy atom. The minimum absolute atomic E-state index is 0.0393. The molecule has 0 aliphatic rings. The fraction of sp³-hybridized carbons (Fsp3) is 0.333. The van der Waals surface area contributed by atoms with Crippen molar-refractivity contribution in [1.29, 1.82) is 0 Å². The third-order valence-electron chi connectivity index (χ3n) is 3.28. The van der Waals surface area contributed by atoms with Crippen LogP contribution in [0, 0.1) is 5.82 Å². The van der Waals surface area contributed by atoms with E-state index in [0.29, 0.717) is 4.70 Å². The first-order chi connectivity index (χ1) is 11.3. The quantitative estimate of drug-likeness (QED) is 0.795. The smallest absolute Gasteiger partial charge is 0.326 e. The normalized spacial score (nSPS) is 12.5. The molecule has 0 bridgehead atoms. The minimum atomic E-state index is -2.88. The lowest BCUT2D eigenvalue weighted by Gasteiger charge is -2.14. The fourth-order valence-corrected chi connectivity index (χ4v) is 3.38. The van der Waals surface area contributed by atoms with Crippen molar-refractivity contribution in [1.82, 2.24) is 5.32 Å². The van der Waals surface area contributed by atoms with Crippen molar-refractivity contribution >= 4 is 33.3 Å². The zero-order valence-corrected chi connectivity index (χ0v) is 13.3. The molecule has 0 saturated heterocycles. The van der Waals surface area contributed by atoms with Crippen LogP contribution < -0.4 is 5.32 Å². The Balaban J connectivity index is 2.39. The van der Waals surface area contributed by atoms with Crippen LogP contribution in [0.5, 0.6) is 0 Å². The molecule has 0 radical (unpaired) electrons. The van der Waals surface area contributed by atoms with Gasteiger partial charge in [-0.25, -0.2) is 18.0 Å². The lowest BCUT2D eigenvalue weighted by atomic mass is 10.1. The molecule has 1 unspecified atom stereocenters. The summed E-state index contributed by atoms with van der Waals surface area (Å²) in [5, 5.41) is 11.2. The van der Waals surface area contributed by atoms with Gasteiger partial charge in [0.15, 0.2) is 0 Å². The number of amides is 1. The summed E-state index contributed by atoms with van der Waals surface area (Å²) in [5.74, 6) is -2.96. The van der Waals surface area contributed by atoms with Gasteiger partial charge in [-0.1, -0.05) is 6.07 Å². The molecule has 24 heavy (non-hydrogen) atoms. The summed E-state index contributed by atoms with van der Waals surface area (Å²) < 4.78 is 44.4. The second kappa shape index (κ2) is 7.63. The molecule has 1 atom stereocenters. The zero-order chi connectivity index (χ0) is 17.9. The number of hydrogen-bond acceptors (Lipinski definition) is 4. The average molecular weight is 361 g/mol. The number of rotatable bonds is 7. The van der Waals surface area contributed by atoms with E-state index in [1.54, 1.807) is 6.07 Å². The molecule has 1 amide bonds. The highest BCUT2D eigenvalue weighted by Gasteiger charge is 2.27. The average Bonchev–Trinajstić information content (AvgIpc) is 2.86. The molecular formula is C15H14F3NO4S. The maximum absolute atomic E-state index is 14.0. The van der Waals surface area contributed by atoms with Crippen LogP contribution >= 0.6 is 11.3 Å². The highest BCUT2D eigenvalue weighted by Crippen LogP contribution is 2.33. The molecule has 0 aliphatic heterocycles. The number of thiophene rings is 1. The number of benzene rings is 1. The van der Waals surface area contributed by atoms with Gasteiger partial charge in [0.25, 0.3) is 5.91 Å². The predicted molar refractivity (Wildman–Crippen MR) is 82.0 cm³/mol. The number of aliphatic carboxylic acids is 1. The van der Waals surface area contributed by atoms with E-state index in [1.807, 2.05) is 0 Å². The van der Waals surface area contributed by atoms with Crippen LogP contribution in [0.2, 0.25) is 0 Å². The van der Waals surface area contributed by atoms with Crippen LogP contribution in [-0.2, 0) is 16.1 Å². The van der Waals surface area contributed by atoms with Gasteiger partial charge in [0, 0.05) is 29.2 Å². The zero-order valence-electron chi connectivity index (χ0n) is 12.5. The van der Waals surface area contributed by atoms with E-state index < -0.39 is 36.6 Å². The van der Waals surface area contributed by atoms with Gasteiger partial charge in [-0.15, -0.1) is 11.3 Å². The van der Waals surface area contributed by atoms with Gasteiger partial charge in [-0.2, -0.15) is 0 Å². The molecule has 130 valence electrons. The summed E-state index contributed by atoms with van der Waals surface area (Å²) in [6.45, 7) is -0.0731. The van der Waals surface area contributed by atoms with Crippen molar-refractivity contribution in [2.45, 2.75) is 25.5 Å². The summed E-state index contributed by atoms with van der Waals surface area (Å²) in [7, 11) is 1.36. The van der Waals surface area contributed by atoms with Crippen molar-refractivity contribution in [3.8, 4) is 0 Å². The number of alkyl halides is 2. The molecule has 5 nitrogen and oxygen atoms in total. The summed E-state index contributed by atoms with van der Waals surface area (Å²) >= 11 is 0.946. The number of nitrogens with one attached hydrogen (secondary N) is 1. The minimum Gasteiger partial charge on any atom is -0.480 e. The number of carboxylic acid groups (broad SMARTS) is 1. The number of hydrogen-bond donors (Lipinski definition) is 2. The molecule has 0 saturated carbocycles. The van der Waals surface area contributed by atoms with Crippen LogP contribution in [0.25, 0.3) is 10.1 Å². The van der Waals surface area contributed by atoms with E-state index in [4.69, 9.17) is 9.84 Å². The third kappa shape index (κ3) is 3.85. The molecular weight excluding hydrogens is 347 g/mol. The Hall–Kier alpha value is -2.13. The van der Waals surface area contributed by atoms with Crippen molar-refractivity contribution in [2.24, 2.45) is 0 Å². The highest BCUT2D eigenvalue weighted by molar-refractivity contribution is 7.21. The van der Waals surface area contributed by atoms with Gasteiger partial charge in [0.1, 0.15) is 11.9 Å². The van der Waals surface area contributed by atoms with Gasteiger partial charge >= 0.3 is 5.97 Å². The number of methoxy groups -OCH3 is 1. The molecule has 0 aliphatic carbocycles. The standard InChI is InChI=1S/C15H14F3NO4S/c1-23-6-7-12-8(16)3-2-4-10(12)24-13(7)14(20)19-9(15(21)22)5-11(17)18/h2-4,9,11H,5-6H2,1H3,(H,19,20)(H,21,22). The fourth-order valence-electron chi connectivity index (χ4n) is 2.26. The molecule has 1 aromatic carbocycles. The van der Waals surface area contributed by atoms with Gasteiger partial charge in [0.05, 0.1) is 11.5 Å². The Kier molecular flexibility index (Phi) is 5.79. The SMILES string of the molecule is COCc1c(C(=O)NC(CC(F)F)C(=O)O)sc2cccc(F)c12. The van der Waals surface area contributed by atoms with Gasteiger partial charge in [0.2, 0.25) is 6.43 Å². The largest absolute Gasteiger partial charge is 0.480 e. The van der Waals surface area contributed by atoms with Gasteiger partial charge in [-0.3, -0.25) is 4.79 Å². The monoisotopic (exact) mass is 361 g/mol. The van der Waals surface area contributed by atoms with E-state index in [-0.39, 0.29) is 22.4 Å². The van der Waals surface area contributed by atoms with Crippen LogP contribution in [0.1, 0.15) is 21.7 Å². The Morgan fingerprint density at radius 1 is 1.38 bits per heavy atom. The van der Waals surface area contributed by atoms with Gasteiger partial charge in [-0.05, 0) is 12.1 Å². The number of halogens is 3. The molecule has 1 aromatic heterocycles. The van der Waals surface area contributed by atoms with Crippen LogP contribution in [-0.4, -0.2) is 36.6 Å². The van der Waals surface area contributed by atoms with E-state index in [2.05, 4.69) is 5.32 Å². The number of carbonyl (C=O) groups excluding carboxylic acids is 1. The van der Waals surface area contributed by atoms with Gasteiger partial charge < -0.3 is 15.2 Å². The first-order valence-corrected chi connectivity index (χ1v) is 7.67. The summed E-state index contributed by atoms with van der Waals surface area (Å²) in [5.41, 5.74) is 0.259. The van der Waals surface area contributed by atoms with Crippen LogP contribution in [0.4, 0.5) is 13.2 Å². The maximum Gasteiger partial charge on any atom is 0.326 e.